The summed E-state index contributed by atoms with van der Waals surface area (Å²) in [5.74, 6) is 1.21. The van der Waals surface area contributed by atoms with Crippen LogP contribution < -0.4 is 0 Å². The van der Waals surface area contributed by atoms with E-state index in [9.17, 15) is 0 Å². The first kappa shape index (κ1) is 30.1. The van der Waals surface area contributed by atoms with E-state index >= 15 is 0 Å². The van der Waals surface area contributed by atoms with E-state index in [1.165, 1.54) is 89.2 Å². The monoisotopic (exact) mass is 454 g/mol. The Labute approximate surface area is 196 Å². The number of aliphatic hydroxyl groups excluding tert-OH is 1. The molecule has 1 N–H and O–H groups in total. The summed E-state index contributed by atoms with van der Waals surface area (Å²) >= 11 is 1.88. The summed E-state index contributed by atoms with van der Waals surface area (Å²) in [6.07, 6.45) is 18.9. The molecular weight excluding hydrogens is 400 g/mol. The van der Waals surface area contributed by atoms with Gasteiger partial charge < -0.3 is 5.11 Å². The van der Waals surface area contributed by atoms with Gasteiger partial charge in [0.1, 0.15) is 8.07 Å². The van der Waals surface area contributed by atoms with Crippen molar-refractivity contribution in [1.82, 2.24) is 0 Å². The Hall–Kier alpha value is 0.0869. The number of aliphatic hydroxyl groups is 1. The summed E-state index contributed by atoms with van der Waals surface area (Å²) in [6.45, 7) is 14.7. The van der Waals surface area contributed by atoms with E-state index in [1.807, 2.05) is 11.8 Å². The van der Waals surface area contributed by atoms with E-state index in [0.717, 1.165) is 23.0 Å². The van der Waals surface area contributed by atoms with Crippen LogP contribution in [0.2, 0.25) is 16.6 Å². The zero-order valence-electron chi connectivity index (χ0n) is 21.4. The molecule has 0 bridgehead atoms. The van der Waals surface area contributed by atoms with Crippen LogP contribution in [0.25, 0.3) is 0 Å². The smallest absolute Gasteiger partial charge is 0.147 e. The van der Waals surface area contributed by atoms with Gasteiger partial charge in [-0.15, -0.1) is 5.54 Å². The van der Waals surface area contributed by atoms with Gasteiger partial charge in [-0.2, -0.15) is 0 Å². The lowest BCUT2D eigenvalue weighted by molar-refractivity contribution is 0.282. The number of hydrogen-bond acceptors (Lipinski definition) is 2. The second-order valence-corrected chi connectivity index (χ2v) is 16.6. The van der Waals surface area contributed by atoms with Crippen LogP contribution in [0.4, 0.5) is 0 Å². The van der Waals surface area contributed by atoms with Crippen molar-refractivity contribution in [2.45, 2.75) is 148 Å². The van der Waals surface area contributed by atoms with Crippen molar-refractivity contribution in [3.63, 3.8) is 0 Å². The van der Waals surface area contributed by atoms with Crippen LogP contribution in [0, 0.1) is 10.8 Å². The van der Waals surface area contributed by atoms with Crippen LogP contribution >= 0.6 is 11.8 Å². The number of rotatable bonds is 19. The second-order valence-electron chi connectivity index (χ2n) is 10.1. The van der Waals surface area contributed by atoms with Gasteiger partial charge in [0.05, 0.1) is 0 Å². The maximum absolute atomic E-state index is 8.76. The quantitative estimate of drug-likeness (QED) is 0.119. The van der Waals surface area contributed by atoms with Crippen LogP contribution in [0.15, 0.2) is 0 Å². The van der Waals surface area contributed by atoms with Crippen LogP contribution in [-0.4, -0.2) is 25.5 Å². The first-order chi connectivity index (χ1) is 14.4. The maximum Gasteiger partial charge on any atom is 0.147 e. The second kappa shape index (κ2) is 19.7. The molecule has 0 saturated heterocycles. The molecule has 0 aromatic carbocycles. The zero-order valence-corrected chi connectivity index (χ0v) is 23.2. The highest BCUT2D eigenvalue weighted by Crippen LogP contribution is 2.40. The lowest BCUT2D eigenvalue weighted by Gasteiger charge is -2.37. The fourth-order valence-corrected chi connectivity index (χ4v) is 11.3. The van der Waals surface area contributed by atoms with E-state index in [1.54, 1.807) is 0 Å². The molecular formula is C27H54OSSi. The molecule has 3 heteroatoms. The molecule has 0 aromatic rings. The Bertz CT molecular complexity index is 414. The van der Waals surface area contributed by atoms with Gasteiger partial charge >= 0.3 is 0 Å². The highest BCUT2D eigenvalue weighted by atomic mass is 32.2. The Balaban J connectivity index is 3.62. The van der Waals surface area contributed by atoms with Gasteiger partial charge in [0, 0.05) is 12.4 Å². The lowest BCUT2D eigenvalue weighted by atomic mass is 10.0. The first-order valence-electron chi connectivity index (χ1n) is 13.1. The van der Waals surface area contributed by atoms with Crippen molar-refractivity contribution in [3.05, 3.63) is 0 Å². The zero-order chi connectivity index (χ0) is 22.7. The van der Waals surface area contributed by atoms with Crippen molar-refractivity contribution >= 4 is 19.8 Å². The molecule has 1 nitrogen and oxygen atoms in total. The largest absolute Gasteiger partial charge is 0.396 e. The average Bonchev–Trinajstić information content (AvgIpc) is 2.69. The Morgan fingerprint density at radius 1 is 0.567 bits per heavy atom. The molecule has 30 heavy (non-hydrogen) atoms. The molecule has 0 aliphatic rings. The summed E-state index contributed by atoms with van der Waals surface area (Å²) in [5, 5.41) is 12.3. The van der Waals surface area contributed by atoms with E-state index in [-0.39, 0.29) is 0 Å². The molecule has 0 spiro atoms. The summed E-state index contributed by atoms with van der Waals surface area (Å²) in [7, 11) is -1.53. The van der Waals surface area contributed by atoms with Crippen molar-refractivity contribution in [2.24, 2.45) is 0 Å². The third kappa shape index (κ3) is 13.5. The minimum atomic E-state index is -1.53. The lowest BCUT2D eigenvalue weighted by Crippen LogP contribution is -2.43. The minimum absolute atomic E-state index is 0.365. The fourth-order valence-electron chi connectivity index (χ4n) is 5.02. The number of hydrogen-bond donors (Lipinski definition) is 1. The third-order valence-electron chi connectivity index (χ3n) is 6.86. The van der Waals surface area contributed by atoms with E-state index in [0.29, 0.717) is 6.61 Å². The summed E-state index contributed by atoms with van der Waals surface area (Å²) in [6, 6.07) is 0. The standard InChI is InChI=1S/C27H54OSSi/c1-25(2)30(26(3)4,27(5)6)24-23-29-22-20-18-16-14-12-10-8-7-9-11-13-15-17-19-21-28/h25-28H,7-22H2,1-6H3. The highest BCUT2D eigenvalue weighted by Gasteiger charge is 2.41. The van der Waals surface area contributed by atoms with Crippen LogP contribution in [-0.2, 0) is 0 Å². The summed E-state index contributed by atoms with van der Waals surface area (Å²) in [4.78, 5) is 0. The predicted octanol–water partition coefficient (Wildman–Crippen LogP) is 9.35. The fraction of sp³-hybridized carbons (Fsp3) is 0.926. The molecule has 0 aliphatic carbocycles. The van der Waals surface area contributed by atoms with Gasteiger partial charge in [0.2, 0.25) is 0 Å². The molecule has 0 aromatic heterocycles. The van der Waals surface area contributed by atoms with Gasteiger partial charge in [0.25, 0.3) is 0 Å². The number of thioether (sulfide) groups is 1. The summed E-state index contributed by atoms with van der Waals surface area (Å²) < 4.78 is 0. The molecule has 0 heterocycles. The van der Waals surface area contributed by atoms with Gasteiger partial charge in [-0.25, -0.2) is 0 Å². The molecule has 0 unspecified atom stereocenters. The van der Waals surface area contributed by atoms with E-state index in [4.69, 9.17) is 5.11 Å². The molecule has 178 valence electrons. The molecule has 0 atom stereocenters. The highest BCUT2D eigenvalue weighted by molar-refractivity contribution is 8.03. The Morgan fingerprint density at radius 3 is 1.23 bits per heavy atom. The van der Waals surface area contributed by atoms with Crippen LogP contribution in [0.5, 0.6) is 0 Å². The van der Waals surface area contributed by atoms with Gasteiger partial charge in [-0.3, -0.25) is 0 Å². The molecule has 0 rings (SSSR count). The molecule has 0 aliphatic heterocycles. The normalized spacial score (nSPS) is 12.1. The van der Waals surface area contributed by atoms with Crippen molar-refractivity contribution in [2.75, 3.05) is 12.4 Å². The molecule has 0 amide bonds. The molecule has 0 saturated carbocycles. The SMILES string of the molecule is CC(C)[Si](C#CSCCCCCCCCCCCCCCCCO)(C(C)C)C(C)C. The van der Waals surface area contributed by atoms with E-state index < -0.39 is 8.07 Å². The minimum Gasteiger partial charge on any atom is -0.396 e. The van der Waals surface area contributed by atoms with Crippen LogP contribution in [0.3, 0.4) is 0 Å². The average molecular weight is 455 g/mol. The van der Waals surface area contributed by atoms with Gasteiger partial charge in [0.15, 0.2) is 0 Å². The van der Waals surface area contributed by atoms with E-state index in [2.05, 4.69) is 52.3 Å². The molecule has 0 fully saturated rings. The Kier molecular flexibility index (Phi) is 19.8. The number of unbranched alkanes of at least 4 members (excludes halogenated alkanes) is 13. The van der Waals surface area contributed by atoms with Crippen LogP contribution in [0.1, 0.15) is 131 Å². The van der Waals surface area contributed by atoms with Crippen molar-refractivity contribution < 1.29 is 5.11 Å². The predicted molar refractivity (Wildman–Crippen MR) is 143 cm³/mol. The Morgan fingerprint density at radius 2 is 0.900 bits per heavy atom. The van der Waals surface area contributed by atoms with Crippen molar-refractivity contribution in [3.8, 4) is 10.8 Å². The van der Waals surface area contributed by atoms with Gasteiger partial charge in [-0.05, 0) is 34.7 Å². The first-order valence-corrected chi connectivity index (χ1v) is 16.4. The molecule has 0 radical (unpaired) electrons. The van der Waals surface area contributed by atoms with Gasteiger partial charge in [-0.1, -0.05) is 130 Å². The van der Waals surface area contributed by atoms with Crippen molar-refractivity contribution in [1.29, 1.82) is 0 Å². The summed E-state index contributed by atoms with van der Waals surface area (Å²) in [5.41, 5.74) is 6.04. The topological polar surface area (TPSA) is 20.2 Å². The maximum atomic E-state index is 8.76. The third-order valence-corrected chi connectivity index (χ3v) is 14.1.